The third kappa shape index (κ3) is 5.16. The number of amides is 1. The lowest BCUT2D eigenvalue weighted by atomic mass is 9.95. The van der Waals surface area contributed by atoms with Crippen molar-refractivity contribution in [2.75, 3.05) is 0 Å². The lowest BCUT2D eigenvalue weighted by molar-refractivity contribution is -0.384. The van der Waals surface area contributed by atoms with E-state index in [1.54, 1.807) is 27.7 Å². The van der Waals surface area contributed by atoms with Crippen LogP contribution in [0.3, 0.4) is 0 Å². The van der Waals surface area contributed by atoms with Gasteiger partial charge in [0.1, 0.15) is 11.9 Å². The number of nitro benzene ring substituents is 1. The Hall–Kier alpha value is -2.44. The smallest absolute Gasteiger partial charge is 0.408 e. The molecule has 0 aromatic heterocycles. The summed E-state index contributed by atoms with van der Waals surface area (Å²) in [6, 6.07) is 5.07. The van der Waals surface area contributed by atoms with Crippen molar-refractivity contribution in [2.24, 2.45) is 5.92 Å². The van der Waals surface area contributed by atoms with E-state index in [-0.39, 0.29) is 5.69 Å². The van der Waals surface area contributed by atoms with E-state index in [1.807, 2.05) is 0 Å². The fraction of sp³-hybridized carbons (Fsp3) is 0.467. The van der Waals surface area contributed by atoms with Gasteiger partial charge in [-0.1, -0.05) is 19.1 Å². The topological polar surface area (TPSA) is 98.5 Å². The molecule has 1 aromatic carbocycles. The van der Waals surface area contributed by atoms with Gasteiger partial charge in [0, 0.05) is 18.1 Å². The molecule has 2 atom stereocenters. The molecule has 1 N–H and O–H groups in total. The normalized spacial score (nSPS) is 13.8. The summed E-state index contributed by atoms with van der Waals surface area (Å²) in [5.74, 6) is -0.506. The monoisotopic (exact) mass is 308 g/mol. The lowest BCUT2D eigenvalue weighted by Gasteiger charge is -2.25. The highest BCUT2D eigenvalue weighted by Gasteiger charge is 2.25. The zero-order chi connectivity index (χ0) is 16.9. The van der Waals surface area contributed by atoms with Crippen molar-refractivity contribution in [2.45, 2.75) is 39.3 Å². The van der Waals surface area contributed by atoms with Crippen LogP contribution in [0.2, 0.25) is 0 Å². The quantitative estimate of drug-likeness (QED) is 0.512. The van der Waals surface area contributed by atoms with Crippen LogP contribution in [0.5, 0.6) is 0 Å². The predicted octanol–water partition coefficient (Wildman–Crippen LogP) is 3.00. The molecule has 0 fully saturated rings. The number of hydrogen-bond acceptors (Lipinski definition) is 5. The van der Waals surface area contributed by atoms with Crippen LogP contribution in [0.25, 0.3) is 0 Å². The summed E-state index contributed by atoms with van der Waals surface area (Å²) in [6.07, 6.45) is 0.0632. The number of aldehydes is 1. The number of nitrogens with zero attached hydrogens (tertiary/aromatic N) is 1. The van der Waals surface area contributed by atoms with Gasteiger partial charge in [0.15, 0.2) is 0 Å². The highest BCUT2D eigenvalue weighted by Crippen LogP contribution is 2.23. The third-order valence-corrected chi connectivity index (χ3v) is 2.88. The second kappa shape index (κ2) is 7.02. The first kappa shape index (κ1) is 17.6. The van der Waals surface area contributed by atoms with Gasteiger partial charge in [-0.3, -0.25) is 10.1 Å². The van der Waals surface area contributed by atoms with Gasteiger partial charge in [0.05, 0.1) is 11.0 Å². The Labute approximate surface area is 128 Å². The Balaban J connectivity index is 2.96. The Bertz CT molecular complexity index is 548. The van der Waals surface area contributed by atoms with Gasteiger partial charge in [-0.25, -0.2) is 4.79 Å². The molecule has 0 saturated carbocycles. The number of carbonyl (C=O) groups is 2. The van der Waals surface area contributed by atoms with E-state index in [9.17, 15) is 19.7 Å². The zero-order valence-corrected chi connectivity index (χ0v) is 13.0. The number of nitrogens with one attached hydrogen (secondary N) is 1. The van der Waals surface area contributed by atoms with Crippen molar-refractivity contribution in [3.05, 3.63) is 39.9 Å². The van der Waals surface area contributed by atoms with Crippen LogP contribution >= 0.6 is 0 Å². The Morgan fingerprint density at radius 1 is 1.32 bits per heavy atom. The second-order valence-electron chi connectivity index (χ2n) is 5.97. The molecule has 0 aliphatic heterocycles. The maximum atomic E-state index is 11.9. The molecular formula is C15H20N2O5. The lowest BCUT2D eigenvalue weighted by Crippen LogP contribution is -2.37. The van der Waals surface area contributed by atoms with Crippen LogP contribution in [0, 0.1) is 16.0 Å². The average Bonchev–Trinajstić information content (AvgIpc) is 2.42. The van der Waals surface area contributed by atoms with Crippen molar-refractivity contribution < 1.29 is 19.2 Å². The van der Waals surface area contributed by atoms with Crippen molar-refractivity contribution in [1.29, 1.82) is 0 Å². The summed E-state index contributed by atoms with van der Waals surface area (Å²) >= 11 is 0. The van der Waals surface area contributed by atoms with E-state index in [2.05, 4.69) is 5.32 Å². The van der Waals surface area contributed by atoms with E-state index in [1.165, 1.54) is 24.3 Å². The maximum Gasteiger partial charge on any atom is 0.408 e. The van der Waals surface area contributed by atoms with Crippen molar-refractivity contribution in [1.82, 2.24) is 5.32 Å². The van der Waals surface area contributed by atoms with E-state index in [4.69, 9.17) is 4.74 Å². The van der Waals surface area contributed by atoms with Gasteiger partial charge in [-0.15, -0.1) is 0 Å². The second-order valence-corrected chi connectivity index (χ2v) is 5.97. The van der Waals surface area contributed by atoms with Crippen molar-refractivity contribution in [3.63, 3.8) is 0 Å². The number of carbonyl (C=O) groups excluding carboxylic acids is 2. The molecule has 0 aliphatic rings. The molecule has 1 amide bonds. The van der Waals surface area contributed by atoms with Gasteiger partial charge in [0.25, 0.3) is 5.69 Å². The first-order valence-electron chi connectivity index (χ1n) is 6.83. The molecule has 1 aromatic rings. The molecular weight excluding hydrogens is 288 g/mol. The standard InChI is InChI=1S/C15H20N2O5/c1-10(9-18)13(16-14(19)22-15(2,3)4)11-5-7-12(8-6-11)17(20)21/h5-10,13H,1-4H3,(H,16,19). The van der Waals surface area contributed by atoms with Crippen LogP contribution in [0.4, 0.5) is 10.5 Å². The van der Waals surface area contributed by atoms with E-state index < -0.39 is 28.6 Å². The van der Waals surface area contributed by atoms with E-state index in [0.717, 1.165) is 0 Å². The van der Waals surface area contributed by atoms with Crippen LogP contribution in [-0.2, 0) is 9.53 Å². The van der Waals surface area contributed by atoms with Gasteiger partial charge >= 0.3 is 6.09 Å². The molecule has 0 aliphatic carbocycles. The summed E-state index contributed by atoms with van der Waals surface area (Å²) in [7, 11) is 0. The molecule has 2 unspecified atom stereocenters. The summed E-state index contributed by atoms with van der Waals surface area (Å²) in [5, 5.41) is 13.3. The highest BCUT2D eigenvalue weighted by atomic mass is 16.6. The Morgan fingerprint density at radius 2 is 1.86 bits per heavy atom. The van der Waals surface area contributed by atoms with Crippen LogP contribution in [-0.4, -0.2) is 22.9 Å². The number of hydrogen-bond donors (Lipinski definition) is 1. The number of benzene rings is 1. The molecule has 7 nitrogen and oxygen atoms in total. The van der Waals surface area contributed by atoms with Crippen molar-refractivity contribution in [3.8, 4) is 0 Å². The minimum atomic E-state index is -0.658. The molecule has 0 heterocycles. The average molecular weight is 308 g/mol. The molecule has 7 heteroatoms. The van der Waals surface area contributed by atoms with Crippen LogP contribution in [0.15, 0.2) is 24.3 Å². The van der Waals surface area contributed by atoms with Crippen LogP contribution in [0.1, 0.15) is 39.3 Å². The maximum absolute atomic E-state index is 11.9. The Morgan fingerprint density at radius 3 is 2.27 bits per heavy atom. The fourth-order valence-electron chi connectivity index (χ4n) is 1.83. The van der Waals surface area contributed by atoms with E-state index in [0.29, 0.717) is 11.8 Å². The first-order valence-corrected chi connectivity index (χ1v) is 6.83. The molecule has 0 saturated heterocycles. The molecule has 120 valence electrons. The zero-order valence-electron chi connectivity index (χ0n) is 13.0. The number of alkyl carbamates (subject to hydrolysis) is 1. The Kier molecular flexibility index (Phi) is 5.62. The highest BCUT2D eigenvalue weighted by molar-refractivity contribution is 5.69. The van der Waals surface area contributed by atoms with Gasteiger partial charge < -0.3 is 14.8 Å². The van der Waals surface area contributed by atoms with Crippen LogP contribution < -0.4 is 5.32 Å². The van der Waals surface area contributed by atoms with Gasteiger partial charge in [-0.2, -0.15) is 0 Å². The minimum absolute atomic E-state index is 0.0569. The molecule has 0 radical (unpaired) electrons. The number of ether oxygens (including phenoxy) is 1. The minimum Gasteiger partial charge on any atom is -0.444 e. The van der Waals surface area contributed by atoms with Gasteiger partial charge in [0.2, 0.25) is 0 Å². The van der Waals surface area contributed by atoms with Gasteiger partial charge in [-0.05, 0) is 26.3 Å². The summed E-state index contributed by atoms with van der Waals surface area (Å²) in [6.45, 7) is 6.85. The number of rotatable bonds is 5. The number of non-ortho nitro benzene ring substituents is 1. The summed E-state index contributed by atoms with van der Waals surface area (Å²) in [5.41, 5.74) is -0.122. The van der Waals surface area contributed by atoms with Crippen molar-refractivity contribution >= 4 is 18.1 Å². The SMILES string of the molecule is CC(C=O)C(NC(=O)OC(C)(C)C)c1ccc([N+](=O)[O-])cc1. The third-order valence-electron chi connectivity index (χ3n) is 2.88. The summed E-state index contributed by atoms with van der Waals surface area (Å²) in [4.78, 5) is 33.1. The molecule has 1 rings (SSSR count). The fourth-order valence-corrected chi connectivity index (χ4v) is 1.83. The molecule has 0 spiro atoms. The number of nitro groups is 1. The first-order chi connectivity index (χ1) is 10.1. The molecule has 22 heavy (non-hydrogen) atoms. The molecule has 0 bridgehead atoms. The summed E-state index contributed by atoms with van der Waals surface area (Å²) < 4.78 is 5.17. The largest absolute Gasteiger partial charge is 0.444 e. The van der Waals surface area contributed by atoms with E-state index >= 15 is 0 Å². The predicted molar refractivity (Wildman–Crippen MR) is 80.4 cm³/mol.